The van der Waals surface area contributed by atoms with Crippen LogP contribution in [-0.2, 0) is 4.79 Å². The van der Waals surface area contributed by atoms with Crippen molar-refractivity contribution in [3.63, 3.8) is 0 Å². The highest BCUT2D eigenvalue weighted by Gasteiger charge is 2.19. The molecule has 1 atom stereocenters. The predicted molar refractivity (Wildman–Crippen MR) is 79.2 cm³/mol. The molecule has 98 valence electrons. The molecule has 0 radical (unpaired) electrons. The van der Waals surface area contributed by atoms with Crippen molar-refractivity contribution >= 4 is 39.1 Å². The number of halogens is 2. The molecule has 2 N–H and O–H groups in total. The summed E-state index contributed by atoms with van der Waals surface area (Å²) in [6, 6.07) is 13.7. The summed E-state index contributed by atoms with van der Waals surface area (Å²) in [5.74, 6) is -0.491. The molecule has 0 fully saturated rings. The lowest BCUT2D eigenvalue weighted by Crippen LogP contribution is -2.21. The molecule has 2 aromatic rings. The average molecular weight is 341 g/mol. The number of nitrogens with one attached hydrogen (secondary N) is 1. The standard InChI is InChI=1S/C14H11BrClNO2/c15-12-4-2-1-3-11(12)13(18)14(19)17-10-7-5-9(16)6-8-10/h1-8,13,18H,(H,17,19). The summed E-state index contributed by atoms with van der Waals surface area (Å²) in [5, 5.41) is 13.2. The molecule has 2 aromatic carbocycles. The number of anilines is 1. The van der Waals surface area contributed by atoms with Crippen LogP contribution in [0.5, 0.6) is 0 Å². The van der Waals surface area contributed by atoms with E-state index in [1.54, 1.807) is 42.5 Å². The number of carbonyl (C=O) groups excluding carboxylic acids is 1. The molecule has 5 heteroatoms. The molecule has 3 nitrogen and oxygen atoms in total. The van der Waals surface area contributed by atoms with Gasteiger partial charge in [-0.15, -0.1) is 0 Å². The summed E-state index contributed by atoms with van der Waals surface area (Å²) in [4.78, 5) is 11.9. The van der Waals surface area contributed by atoms with Crippen LogP contribution in [0, 0.1) is 0 Å². The van der Waals surface area contributed by atoms with Crippen LogP contribution in [0.15, 0.2) is 53.0 Å². The molecule has 0 aliphatic carbocycles. The van der Waals surface area contributed by atoms with Gasteiger partial charge >= 0.3 is 0 Å². The SMILES string of the molecule is O=C(Nc1ccc(Cl)cc1)C(O)c1ccccc1Br. The summed E-state index contributed by atoms with van der Waals surface area (Å²) in [5.41, 5.74) is 1.11. The lowest BCUT2D eigenvalue weighted by Gasteiger charge is -2.13. The minimum Gasteiger partial charge on any atom is -0.378 e. The van der Waals surface area contributed by atoms with E-state index in [0.29, 0.717) is 20.7 Å². The lowest BCUT2D eigenvalue weighted by atomic mass is 10.1. The van der Waals surface area contributed by atoms with Crippen LogP contribution in [0.4, 0.5) is 5.69 Å². The third-order valence-electron chi connectivity index (χ3n) is 2.56. The maximum absolute atomic E-state index is 11.9. The van der Waals surface area contributed by atoms with E-state index in [1.165, 1.54) is 0 Å². The van der Waals surface area contributed by atoms with Crippen LogP contribution in [-0.4, -0.2) is 11.0 Å². The van der Waals surface area contributed by atoms with E-state index in [0.717, 1.165) is 0 Å². The van der Waals surface area contributed by atoms with Crippen LogP contribution in [0.3, 0.4) is 0 Å². The fourth-order valence-corrected chi connectivity index (χ4v) is 2.21. The van der Waals surface area contributed by atoms with Crippen LogP contribution < -0.4 is 5.32 Å². The van der Waals surface area contributed by atoms with Crippen molar-refractivity contribution in [2.24, 2.45) is 0 Å². The number of hydrogen-bond donors (Lipinski definition) is 2. The van der Waals surface area contributed by atoms with Crippen LogP contribution in [0.1, 0.15) is 11.7 Å². The zero-order valence-electron chi connectivity index (χ0n) is 9.81. The Hall–Kier alpha value is -1.36. The van der Waals surface area contributed by atoms with E-state index in [-0.39, 0.29) is 0 Å². The fourth-order valence-electron chi connectivity index (χ4n) is 1.58. The van der Waals surface area contributed by atoms with E-state index in [9.17, 15) is 9.90 Å². The van der Waals surface area contributed by atoms with Gasteiger partial charge in [-0.25, -0.2) is 0 Å². The molecule has 0 aromatic heterocycles. The van der Waals surface area contributed by atoms with E-state index in [2.05, 4.69) is 21.2 Å². The molecule has 0 aliphatic rings. The van der Waals surface area contributed by atoms with E-state index in [1.807, 2.05) is 6.07 Å². The third-order valence-corrected chi connectivity index (χ3v) is 3.53. The second-order valence-electron chi connectivity index (χ2n) is 3.92. The molecular formula is C14H11BrClNO2. The Bertz CT molecular complexity index is 586. The Morgan fingerprint density at radius 2 is 1.79 bits per heavy atom. The molecule has 0 saturated heterocycles. The summed E-state index contributed by atoms with van der Waals surface area (Å²) in [6.45, 7) is 0. The fraction of sp³-hybridized carbons (Fsp3) is 0.0714. The third kappa shape index (κ3) is 3.56. The minimum atomic E-state index is -1.23. The molecular weight excluding hydrogens is 330 g/mol. The van der Waals surface area contributed by atoms with Crippen LogP contribution in [0.2, 0.25) is 5.02 Å². The monoisotopic (exact) mass is 339 g/mol. The van der Waals surface area contributed by atoms with Gasteiger partial charge in [0.05, 0.1) is 0 Å². The van der Waals surface area contributed by atoms with Gasteiger partial charge in [-0.2, -0.15) is 0 Å². The Kier molecular flexibility index (Phi) is 4.58. The average Bonchev–Trinajstić information content (AvgIpc) is 2.41. The molecule has 19 heavy (non-hydrogen) atoms. The van der Waals surface area contributed by atoms with Crippen molar-refractivity contribution < 1.29 is 9.90 Å². The predicted octanol–water partition coefficient (Wildman–Crippen LogP) is 3.77. The van der Waals surface area contributed by atoms with Gasteiger partial charge in [0.25, 0.3) is 5.91 Å². The van der Waals surface area contributed by atoms with E-state index in [4.69, 9.17) is 11.6 Å². The highest BCUT2D eigenvalue weighted by atomic mass is 79.9. The maximum Gasteiger partial charge on any atom is 0.257 e. The van der Waals surface area contributed by atoms with Crippen LogP contribution in [0.25, 0.3) is 0 Å². The van der Waals surface area contributed by atoms with Gasteiger partial charge in [-0.3, -0.25) is 4.79 Å². The van der Waals surface area contributed by atoms with Gasteiger partial charge in [0.1, 0.15) is 0 Å². The quantitative estimate of drug-likeness (QED) is 0.893. The van der Waals surface area contributed by atoms with E-state index >= 15 is 0 Å². The Morgan fingerprint density at radius 3 is 2.42 bits per heavy atom. The number of amides is 1. The topological polar surface area (TPSA) is 49.3 Å². The summed E-state index contributed by atoms with van der Waals surface area (Å²) >= 11 is 9.06. The smallest absolute Gasteiger partial charge is 0.257 e. The second kappa shape index (κ2) is 6.19. The number of benzene rings is 2. The van der Waals surface area contributed by atoms with Gasteiger partial charge in [0, 0.05) is 20.7 Å². The number of aliphatic hydroxyl groups is 1. The zero-order valence-corrected chi connectivity index (χ0v) is 12.1. The first-order valence-corrected chi connectivity index (χ1v) is 6.74. The first-order valence-electron chi connectivity index (χ1n) is 5.57. The largest absolute Gasteiger partial charge is 0.378 e. The van der Waals surface area contributed by atoms with Crippen molar-refractivity contribution in [1.82, 2.24) is 0 Å². The number of aliphatic hydroxyl groups excluding tert-OH is 1. The number of rotatable bonds is 3. The van der Waals surface area contributed by atoms with Crippen molar-refractivity contribution in [3.05, 3.63) is 63.6 Å². The highest BCUT2D eigenvalue weighted by Crippen LogP contribution is 2.24. The summed E-state index contributed by atoms with van der Waals surface area (Å²) in [7, 11) is 0. The minimum absolute atomic E-state index is 0.491. The Morgan fingerprint density at radius 1 is 1.16 bits per heavy atom. The first-order chi connectivity index (χ1) is 9.08. The second-order valence-corrected chi connectivity index (χ2v) is 5.21. The molecule has 1 unspecified atom stereocenters. The normalized spacial score (nSPS) is 11.9. The molecule has 0 spiro atoms. The van der Waals surface area contributed by atoms with E-state index < -0.39 is 12.0 Å². The van der Waals surface area contributed by atoms with Gasteiger partial charge in [0.15, 0.2) is 6.10 Å². The van der Waals surface area contributed by atoms with Crippen molar-refractivity contribution in [2.45, 2.75) is 6.10 Å². The molecule has 0 saturated carbocycles. The lowest BCUT2D eigenvalue weighted by molar-refractivity contribution is -0.124. The molecule has 2 rings (SSSR count). The van der Waals surface area contributed by atoms with Gasteiger partial charge in [-0.1, -0.05) is 45.7 Å². The number of hydrogen-bond acceptors (Lipinski definition) is 2. The van der Waals surface area contributed by atoms with Gasteiger partial charge in [-0.05, 0) is 30.3 Å². The zero-order chi connectivity index (χ0) is 13.8. The van der Waals surface area contributed by atoms with Gasteiger partial charge in [0.2, 0.25) is 0 Å². The molecule has 0 heterocycles. The van der Waals surface area contributed by atoms with Crippen molar-refractivity contribution in [3.8, 4) is 0 Å². The maximum atomic E-state index is 11.9. The highest BCUT2D eigenvalue weighted by molar-refractivity contribution is 9.10. The molecule has 0 aliphatic heterocycles. The Balaban J connectivity index is 2.12. The molecule has 1 amide bonds. The van der Waals surface area contributed by atoms with Crippen LogP contribution >= 0.6 is 27.5 Å². The molecule has 0 bridgehead atoms. The van der Waals surface area contributed by atoms with Crippen molar-refractivity contribution in [2.75, 3.05) is 5.32 Å². The van der Waals surface area contributed by atoms with Gasteiger partial charge < -0.3 is 10.4 Å². The Labute approximate surface area is 124 Å². The van der Waals surface area contributed by atoms with Crippen molar-refractivity contribution in [1.29, 1.82) is 0 Å². The number of carbonyl (C=O) groups is 1. The summed E-state index contributed by atoms with van der Waals surface area (Å²) < 4.78 is 0.689. The first kappa shape index (κ1) is 14.1. The summed E-state index contributed by atoms with van der Waals surface area (Å²) in [6.07, 6.45) is -1.23.